The lowest BCUT2D eigenvalue weighted by Gasteiger charge is -2.20. The summed E-state index contributed by atoms with van der Waals surface area (Å²) in [6.45, 7) is 11.1. The van der Waals surface area contributed by atoms with Gasteiger partial charge in [0.25, 0.3) is 11.5 Å². The number of aromatic nitrogens is 4. The van der Waals surface area contributed by atoms with E-state index >= 15 is 0 Å². The van der Waals surface area contributed by atoms with Gasteiger partial charge in [0.1, 0.15) is 6.54 Å². The molecule has 0 fully saturated rings. The molecule has 0 saturated carbocycles. The second kappa shape index (κ2) is 9.68. The van der Waals surface area contributed by atoms with Gasteiger partial charge in [-0.25, -0.2) is 13.9 Å². The van der Waals surface area contributed by atoms with Crippen LogP contribution >= 0.6 is 0 Å². The van der Waals surface area contributed by atoms with Gasteiger partial charge in [-0.2, -0.15) is 0 Å². The van der Waals surface area contributed by atoms with Gasteiger partial charge in [0.15, 0.2) is 0 Å². The SMILES string of the molecule is Cc1ccc(Cn2c(=O)c3ccc(C(=O)NC(C)C)cc3n3c(=O)n(CC(=O)NC(C)(C)C)nc23)cc1. The second-order valence-corrected chi connectivity index (χ2v) is 10.6. The number of benzene rings is 2. The van der Waals surface area contributed by atoms with E-state index in [2.05, 4.69) is 15.7 Å². The highest BCUT2D eigenvalue weighted by atomic mass is 16.2. The van der Waals surface area contributed by atoms with Crippen LogP contribution in [0.2, 0.25) is 0 Å². The number of carbonyl (C=O) groups excluding carboxylic acids is 2. The average Bonchev–Trinajstić information content (AvgIpc) is 3.11. The Morgan fingerprint density at radius 3 is 2.32 bits per heavy atom. The van der Waals surface area contributed by atoms with Crippen molar-refractivity contribution in [2.45, 2.75) is 66.2 Å². The minimum absolute atomic E-state index is 0.0856. The molecule has 2 N–H and O–H groups in total. The van der Waals surface area contributed by atoms with Crippen molar-refractivity contribution in [3.8, 4) is 0 Å². The van der Waals surface area contributed by atoms with E-state index in [0.29, 0.717) is 5.56 Å². The fraction of sp³-hybridized carbons (Fsp3) is 0.370. The molecule has 37 heavy (non-hydrogen) atoms. The van der Waals surface area contributed by atoms with Crippen molar-refractivity contribution in [1.82, 2.24) is 29.4 Å². The fourth-order valence-electron chi connectivity index (χ4n) is 4.12. The van der Waals surface area contributed by atoms with E-state index in [0.717, 1.165) is 15.8 Å². The summed E-state index contributed by atoms with van der Waals surface area (Å²) in [5.41, 5.74) is 1.08. The lowest BCUT2D eigenvalue weighted by atomic mass is 10.1. The normalized spacial score (nSPS) is 11.9. The Kier molecular flexibility index (Phi) is 6.77. The number of rotatable bonds is 6. The van der Waals surface area contributed by atoms with Gasteiger partial charge >= 0.3 is 5.69 Å². The van der Waals surface area contributed by atoms with Crippen LogP contribution in [-0.4, -0.2) is 42.1 Å². The zero-order chi connectivity index (χ0) is 27.1. The van der Waals surface area contributed by atoms with Crippen molar-refractivity contribution >= 4 is 28.5 Å². The molecule has 2 heterocycles. The molecule has 0 aliphatic heterocycles. The molecule has 0 aliphatic rings. The van der Waals surface area contributed by atoms with Crippen LogP contribution in [0.1, 0.15) is 56.1 Å². The van der Waals surface area contributed by atoms with Crippen LogP contribution in [0.4, 0.5) is 0 Å². The van der Waals surface area contributed by atoms with Crippen molar-refractivity contribution in [2.24, 2.45) is 0 Å². The summed E-state index contributed by atoms with van der Waals surface area (Å²) in [6.07, 6.45) is 0. The summed E-state index contributed by atoms with van der Waals surface area (Å²) < 4.78 is 3.75. The second-order valence-electron chi connectivity index (χ2n) is 10.6. The molecule has 0 atom stereocenters. The van der Waals surface area contributed by atoms with Gasteiger partial charge in [-0.15, -0.1) is 5.10 Å². The highest BCUT2D eigenvalue weighted by Crippen LogP contribution is 2.16. The molecule has 0 aliphatic carbocycles. The van der Waals surface area contributed by atoms with Crippen molar-refractivity contribution in [3.63, 3.8) is 0 Å². The van der Waals surface area contributed by atoms with Crippen LogP contribution in [-0.2, 0) is 17.9 Å². The monoisotopic (exact) mass is 504 g/mol. The van der Waals surface area contributed by atoms with E-state index in [-0.39, 0.29) is 53.2 Å². The molecule has 2 amide bonds. The molecule has 10 heteroatoms. The number of aryl methyl sites for hydroxylation is 1. The molecule has 10 nitrogen and oxygen atoms in total. The summed E-state index contributed by atoms with van der Waals surface area (Å²) in [7, 11) is 0. The van der Waals surface area contributed by atoms with E-state index in [1.807, 2.05) is 65.8 Å². The number of nitrogens with zero attached hydrogens (tertiary/aromatic N) is 4. The zero-order valence-electron chi connectivity index (χ0n) is 22.0. The molecule has 2 aromatic carbocycles. The minimum Gasteiger partial charge on any atom is -0.350 e. The Balaban J connectivity index is 1.94. The van der Waals surface area contributed by atoms with Crippen LogP contribution in [0.5, 0.6) is 0 Å². The van der Waals surface area contributed by atoms with Crippen LogP contribution in [0.15, 0.2) is 52.1 Å². The first-order valence-corrected chi connectivity index (χ1v) is 12.2. The quantitative estimate of drug-likeness (QED) is 0.417. The number of hydrogen-bond acceptors (Lipinski definition) is 5. The maximum absolute atomic E-state index is 13.6. The third-order valence-electron chi connectivity index (χ3n) is 5.73. The van der Waals surface area contributed by atoms with Gasteiger partial charge in [0.05, 0.1) is 17.4 Å². The number of nitrogens with one attached hydrogen (secondary N) is 2. The molecule has 0 radical (unpaired) electrons. The third kappa shape index (κ3) is 5.47. The Hall–Kier alpha value is -4.21. The zero-order valence-corrected chi connectivity index (χ0v) is 22.0. The molecular formula is C27H32N6O4. The molecule has 194 valence electrons. The van der Waals surface area contributed by atoms with Gasteiger partial charge in [0.2, 0.25) is 11.7 Å². The molecular weight excluding hydrogens is 472 g/mol. The van der Waals surface area contributed by atoms with E-state index in [9.17, 15) is 19.2 Å². The largest absolute Gasteiger partial charge is 0.352 e. The predicted molar refractivity (Wildman–Crippen MR) is 142 cm³/mol. The Morgan fingerprint density at radius 1 is 1.03 bits per heavy atom. The number of amides is 2. The van der Waals surface area contributed by atoms with Crippen LogP contribution in [0.3, 0.4) is 0 Å². The lowest BCUT2D eigenvalue weighted by molar-refractivity contribution is -0.123. The van der Waals surface area contributed by atoms with Crippen LogP contribution < -0.4 is 21.9 Å². The van der Waals surface area contributed by atoms with E-state index in [1.54, 1.807) is 12.1 Å². The summed E-state index contributed by atoms with van der Waals surface area (Å²) in [5, 5.41) is 10.3. The van der Waals surface area contributed by atoms with E-state index in [4.69, 9.17) is 0 Å². The Morgan fingerprint density at radius 2 is 1.70 bits per heavy atom. The molecule has 4 rings (SSSR count). The maximum atomic E-state index is 13.6. The molecule has 2 aromatic heterocycles. The Bertz CT molecular complexity index is 1620. The lowest BCUT2D eigenvalue weighted by Crippen LogP contribution is -2.43. The van der Waals surface area contributed by atoms with Crippen molar-refractivity contribution in [3.05, 3.63) is 80.0 Å². The van der Waals surface area contributed by atoms with Gasteiger partial charge in [-0.1, -0.05) is 29.8 Å². The van der Waals surface area contributed by atoms with Gasteiger partial charge in [-0.05, 0) is 65.3 Å². The first kappa shape index (κ1) is 25.9. The summed E-state index contributed by atoms with van der Waals surface area (Å²) in [6, 6.07) is 12.3. The molecule has 4 aromatic rings. The van der Waals surface area contributed by atoms with E-state index in [1.165, 1.54) is 15.0 Å². The van der Waals surface area contributed by atoms with Gasteiger partial charge < -0.3 is 10.6 Å². The van der Waals surface area contributed by atoms with Gasteiger partial charge in [-0.3, -0.25) is 19.0 Å². The molecule has 0 saturated heterocycles. The highest BCUT2D eigenvalue weighted by molar-refractivity contribution is 5.98. The van der Waals surface area contributed by atoms with Crippen LogP contribution in [0.25, 0.3) is 16.7 Å². The maximum Gasteiger partial charge on any atom is 0.352 e. The molecule has 0 spiro atoms. The topological polar surface area (TPSA) is 120 Å². The standard InChI is InChI=1S/C27H32N6O4/c1-16(2)28-23(35)19-11-12-20-21(13-19)33-25(30-32(26(33)37)15-22(34)29-27(4,5)6)31(24(20)36)14-18-9-7-17(3)8-10-18/h7-13,16H,14-15H2,1-6H3,(H,28,35)(H,29,34). The molecule has 0 unspecified atom stereocenters. The predicted octanol–water partition coefficient (Wildman–Crippen LogP) is 2.22. The first-order valence-electron chi connectivity index (χ1n) is 12.2. The van der Waals surface area contributed by atoms with Crippen molar-refractivity contribution in [2.75, 3.05) is 0 Å². The summed E-state index contributed by atoms with van der Waals surface area (Å²) in [4.78, 5) is 52.4. The number of carbonyl (C=O) groups is 2. The highest BCUT2D eigenvalue weighted by Gasteiger charge is 2.22. The number of hydrogen-bond donors (Lipinski definition) is 2. The average molecular weight is 505 g/mol. The van der Waals surface area contributed by atoms with Crippen molar-refractivity contribution < 1.29 is 9.59 Å². The molecule has 0 bridgehead atoms. The minimum atomic E-state index is -0.580. The summed E-state index contributed by atoms with van der Waals surface area (Å²) in [5.74, 6) is -0.612. The van der Waals surface area contributed by atoms with Crippen LogP contribution in [0, 0.1) is 6.92 Å². The first-order chi connectivity index (χ1) is 17.3. The van der Waals surface area contributed by atoms with E-state index < -0.39 is 11.2 Å². The third-order valence-corrected chi connectivity index (χ3v) is 5.73. The van der Waals surface area contributed by atoms with Crippen molar-refractivity contribution in [1.29, 1.82) is 0 Å². The fourth-order valence-corrected chi connectivity index (χ4v) is 4.12. The number of fused-ring (bicyclic) bond motifs is 3. The smallest absolute Gasteiger partial charge is 0.350 e. The van der Waals surface area contributed by atoms with Gasteiger partial charge in [0, 0.05) is 17.1 Å². The summed E-state index contributed by atoms with van der Waals surface area (Å²) >= 11 is 0. The Labute approximate surface area is 213 Å².